The van der Waals surface area contributed by atoms with E-state index in [-0.39, 0.29) is 18.2 Å². The van der Waals surface area contributed by atoms with E-state index in [2.05, 4.69) is 5.32 Å². The van der Waals surface area contributed by atoms with Crippen LogP contribution >= 0.6 is 12.2 Å². The normalized spacial score (nSPS) is 14.9. The Kier molecular flexibility index (Phi) is 5.55. The number of nitro benzene ring substituents is 1. The molecule has 2 aromatic rings. The molecule has 144 valence electrons. The lowest BCUT2D eigenvalue weighted by atomic mass is 10.1. The molecule has 1 saturated heterocycles. The van der Waals surface area contributed by atoms with E-state index in [1.165, 1.54) is 29.2 Å². The zero-order chi connectivity index (χ0) is 20.3. The molecule has 1 fully saturated rings. The third-order valence-corrected chi connectivity index (χ3v) is 4.51. The second kappa shape index (κ2) is 8.05. The predicted molar refractivity (Wildman–Crippen MR) is 107 cm³/mol. The van der Waals surface area contributed by atoms with Crippen LogP contribution < -0.4 is 14.8 Å². The van der Waals surface area contributed by atoms with Gasteiger partial charge in [0.2, 0.25) is 0 Å². The zero-order valence-electron chi connectivity index (χ0n) is 15.2. The minimum atomic E-state index is -0.467. The van der Waals surface area contributed by atoms with E-state index in [0.717, 1.165) is 11.1 Å². The van der Waals surface area contributed by atoms with Crippen LogP contribution in [0.1, 0.15) is 11.1 Å². The Morgan fingerprint density at radius 2 is 1.96 bits per heavy atom. The van der Waals surface area contributed by atoms with E-state index in [4.69, 9.17) is 21.7 Å². The van der Waals surface area contributed by atoms with Crippen molar-refractivity contribution in [3.05, 3.63) is 69.4 Å². The Balaban J connectivity index is 1.79. The molecule has 3 rings (SSSR count). The molecule has 0 unspecified atom stereocenters. The first kappa shape index (κ1) is 19.3. The number of hydrogen-bond donors (Lipinski definition) is 1. The van der Waals surface area contributed by atoms with Gasteiger partial charge < -0.3 is 14.8 Å². The molecule has 0 spiro atoms. The second-order valence-corrected chi connectivity index (χ2v) is 6.35. The Morgan fingerprint density at radius 1 is 1.25 bits per heavy atom. The third-order valence-electron chi connectivity index (χ3n) is 4.14. The molecule has 1 heterocycles. The number of likely N-dealkylation sites (N-methyl/N-ethyl adjacent to an activating group) is 1. The van der Waals surface area contributed by atoms with Crippen molar-refractivity contribution in [2.24, 2.45) is 0 Å². The Labute approximate surface area is 166 Å². The maximum Gasteiger partial charge on any atom is 0.276 e. The van der Waals surface area contributed by atoms with E-state index >= 15 is 0 Å². The molecule has 8 nitrogen and oxygen atoms in total. The largest absolute Gasteiger partial charge is 0.496 e. The first-order chi connectivity index (χ1) is 13.4. The fourth-order valence-corrected chi connectivity index (χ4v) is 2.81. The predicted octanol–water partition coefficient (Wildman–Crippen LogP) is 2.87. The molecule has 0 aromatic heterocycles. The summed E-state index contributed by atoms with van der Waals surface area (Å²) in [7, 11) is 3.16. The highest BCUT2D eigenvalue weighted by Crippen LogP contribution is 2.25. The van der Waals surface area contributed by atoms with Crippen LogP contribution in [0.5, 0.6) is 11.5 Å². The van der Waals surface area contributed by atoms with Gasteiger partial charge in [0.1, 0.15) is 23.8 Å². The van der Waals surface area contributed by atoms with Gasteiger partial charge in [0.15, 0.2) is 5.11 Å². The van der Waals surface area contributed by atoms with Crippen LogP contribution in [0.15, 0.2) is 48.2 Å². The maximum absolute atomic E-state index is 12.1. The topological polar surface area (TPSA) is 93.9 Å². The lowest BCUT2D eigenvalue weighted by molar-refractivity contribution is -0.384. The maximum atomic E-state index is 12.1. The van der Waals surface area contributed by atoms with E-state index in [1.807, 2.05) is 12.1 Å². The van der Waals surface area contributed by atoms with E-state index in [1.54, 1.807) is 26.3 Å². The molecule has 1 aliphatic rings. The molecule has 2 aromatic carbocycles. The van der Waals surface area contributed by atoms with Crippen molar-refractivity contribution in [3.63, 3.8) is 0 Å². The average Bonchev–Trinajstić information content (AvgIpc) is 2.93. The van der Waals surface area contributed by atoms with Crippen LogP contribution in [0.25, 0.3) is 6.08 Å². The number of hydrogen-bond acceptors (Lipinski definition) is 6. The van der Waals surface area contributed by atoms with E-state index in [9.17, 15) is 14.9 Å². The summed E-state index contributed by atoms with van der Waals surface area (Å²) in [5.74, 6) is 0.919. The van der Waals surface area contributed by atoms with Crippen LogP contribution in [0, 0.1) is 10.1 Å². The van der Waals surface area contributed by atoms with Crippen molar-refractivity contribution in [1.29, 1.82) is 0 Å². The van der Waals surface area contributed by atoms with Gasteiger partial charge in [-0.3, -0.25) is 19.8 Å². The molecular weight excluding hydrogens is 382 g/mol. The SMILES string of the molecule is COc1ccc(/C=C2/NC(=S)N(C)C2=O)cc1COc1ccc([N+](=O)[O-])cc1. The number of nitrogens with zero attached hydrogens (tertiary/aromatic N) is 2. The van der Waals surface area contributed by atoms with Gasteiger partial charge in [0.05, 0.1) is 12.0 Å². The quantitative estimate of drug-likeness (QED) is 0.345. The Morgan fingerprint density at radius 3 is 2.54 bits per heavy atom. The van der Waals surface area contributed by atoms with E-state index < -0.39 is 4.92 Å². The summed E-state index contributed by atoms with van der Waals surface area (Å²) >= 11 is 5.07. The molecule has 0 atom stereocenters. The van der Waals surface area contributed by atoms with Gasteiger partial charge in [-0.15, -0.1) is 0 Å². The highest BCUT2D eigenvalue weighted by Gasteiger charge is 2.26. The monoisotopic (exact) mass is 399 g/mol. The van der Waals surface area contributed by atoms with Crippen LogP contribution in [0.4, 0.5) is 5.69 Å². The van der Waals surface area contributed by atoms with Crippen LogP contribution in [0.2, 0.25) is 0 Å². The van der Waals surface area contributed by atoms with Crippen molar-refractivity contribution in [3.8, 4) is 11.5 Å². The number of nitro groups is 1. The van der Waals surface area contributed by atoms with E-state index in [0.29, 0.717) is 22.3 Å². The van der Waals surface area contributed by atoms with Crippen LogP contribution in [0.3, 0.4) is 0 Å². The molecule has 1 amide bonds. The second-order valence-electron chi connectivity index (χ2n) is 5.96. The molecule has 1 aliphatic heterocycles. The van der Waals surface area contributed by atoms with Gasteiger partial charge in [-0.25, -0.2) is 0 Å². The fourth-order valence-electron chi connectivity index (χ4n) is 2.62. The van der Waals surface area contributed by atoms with Crippen molar-refractivity contribution < 1.29 is 19.2 Å². The molecule has 0 radical (unpaired) electrons. The van der Waals surface area contributed by atoms with Gasteiger partial charge in [-0.1, -0.05) is 6.07 Å². The number of non-ortho nitro benzene ring substituents is 1. The standard InChI is InChI=1S/C19H17N3O5S/c1-21-18(23)16(20-19(21)28)10-12-3-8-17(26-2)13(9-12)11-27-15-6-4-14(5-7-15)22(24)25/h3-10H,11H2,1-2H3,(H,20,28)/b16-10+. The summed E-state index contributed by atoms with van der Waals surface area (Å²) in [4.78, 5) is 23.7. The van der Waals surface area contributed by atoms with Crippen molar-refractivity contribution in [1.82, 2.24) is 10.2 Å². The number of nitrogens with one attached hydrogen (secondary N) is 1. The number of carbonyl (C=O) groups excluding carboxylic acids is 1. The minimum absolute atomic E-state index is 0.00448. The summed E-state index contributed by atoms with van der Waals surface area (Å²) in [5, 5.41) is 13.9. The molecule has 1 N–H and O–H groups in total. The molecule has 9 heteroatoms. The van der Waals surface area contributed by atoms with Crippen molar-refractivity contribution >= 4 is 35.0 Å². The van der Waals surface area contributed by atoms with Gasteiger partial charge in [-0.05, 0) is 48.1 Å². The lowest BCUT2D eigenvalue weighted by Gasteiger charge is -2.11. The van der Waals surface area contributed by atoms with Crippen LogP contribution in [-0.4, -0.2) is 35.0 Å². The van der Waals surface area contributed by atoms with Gasteiger partial charge in [-0.2, -0.15) is 0 Å². The van der Waals surface area contributed by atoms with Gasteiger partial charge >= 0.3 is 0 Å². The molecule has 0 aliphatic carbocycles. The Bertz CT molecular complexity index is 972. The molecule has 0 saturated carbocycles. The summed E-state index contributed by atoms with van der Waals surface area (Å²) in [5.41, 5.74) is 1.92. The number of amides is 1. The average molecular weight is 399 g/mol. The molecular formula is C19H17N3O5S. The third kappa shape index (κ3) is 4.09. The minimum Gasteiger partial charge on any atom is -0.496 e. The van der Waals surface area contributed by atoms with Gasteiger partial charge in [0.25, 0.3) is 11.6 Å². The van der Waals surface area contributed by atoms with Crippen molar-refractivity contribution in [2.75, 3.05) is 14.2 Å². The fraction of sp³-hybridized carbons (Fsp3) is 0.158. The summed E-state index contributed by atoms with van der Waals surface area (Å²) in [6.45, 7) is 0.192. The summed E-state index contributed by atoms with van der Waals surface area (Å²) in [6, 6.07) is 11.3. The summed E-state index contributed by atoms with van der Waals surface area (Å²) < 4.78 is 11.1. The molecule has 28 heavy (non-hydrogen) atoms. The number of benzene rings is 2. The highest BCUT2D eigenvalue weighted by atomic mass is 32.1. The first-order valence-corrected chi connectivity index (χ1v) is 8.65. The number of methoxy groups -OCH3 is 1. The number of carbonyl (C=O) groups is 1. The summed E-state index contributed by atoms with van der Waals surface area (Å²) in [6.07, 6.45) is 1.70. The number of ether oxygens (including phenoxy) is 2. The number of rotatable bonds is 6. The lowest BCUT2D eigenvalue weighted by Crippen LogP contribution is -2.25. The first-order valence-electron chi connectivity index (χ1n) is 8.24. The molecule has 0 bridgehead atoms. The Hall–Kier alpha value is -3.46. The van der Waals surface area contributed by atoms with Crippen molar-refractivity contribution in [2.45, 2.75) is 6.61 Å². The van der Waals surface area contributed by atoms with Gasteiger partial charge in [0, 0.05) is 24.7 Å². The number of thiocarbonyl (C=S) groups is 1. The highest BCUT2D eigenvalue weighted by molar-refractivity contribution is 7.80. The smallest absolute Gasteiger partial charge is 0.276 e. The zero-order valence-corrected chi connectivity index (χ0v) is 16.0. The van der Waals surface area contributed by atoms with Crippen LogP contribution in [-0.2, 0) is 11.4 Å².